The van der Waals surface area contributed by atoms with Crippen LogP contribution in [0.15, 0.2) is 5.10 Å². The van der Waals surface area contributed by atoms with Crippen LogP contribution >= 0.6 is 0 Å². The van der Waals surface area contributed by atoms with Gasteiger partial charge in [0, 0.05) is 13.6 Å². The molecule has 0 N–H and O–H groups in total. The first-order chi connectivity index (χ1) is 6.29. The standard InChI is InChI=1S/C10H21N3/c1-4-6-7-10-12(3)11-9-13(10)8-5-2/h9-10H,4-8H2,1-3H3. The van der Waals surface area contributed by atoms with E-state index in [2.05, 4.69) is 35.9 Å². The van der Waals surface area contributed by atoms with Crippen molar-refractivity contribution in [2.75, 3.05) is 13.6 Å². The van der Waals surface area contributed by atoms with Gasteiger partial charge in [0.2, 0.25) is 0 Å². The van der Waals surface area contributed by atoms with Gasteiger partial charge in [-0.25, -0.2) is 0 Å². The number of rotatable bonds is 5. The quantitative estimate of drug-likeness (QED) is 0.650. The summed E-state index contributed by atoms with van der Waals surface area (Å²) in [6.45, 7) is 5.57. The van der Waals surface area contributed by atoms with Gasteiger partial charge in [-0.1, -0.05) is 20.3 Å². The molecule has 1 heterocycles. The summed E-state index contributed by atoms with van der Waals surface area (Å²) in [5.41, 5.74) is 0. The van der Waals surface area contributed by atoms with Gasteiger partial charge in [0.1, 0.15) is 12.5 Å². The predicted molar refractivity (Wildman–Crippen MR) is 56.6 cm³/mol. The van der Waals surface area contributed by atoms with Gasteiger partial charge >= 0.3 is 0 Å². The van der Waals surface area contributed by atoms with E-state index in [-0.39, 0.29) is 0 Å². The maximum atomic E-state index is 4.30. The minimum atomic E-state index is 0.514. The molecule has 0 bridgehead atoms. The van der Waals surface area contributed by atoms with E-state index in [9.17, 15) is 0 Å². The summed E-state index contributed by atoms with van der Waals surface area (Å²) >= 11 is 0. The highest BCUT2D eigenvalue weighted by molar-refractivity contribution is 5.56. The molecule has 3 nitrogen and oxygen atoms in total. The lowest BCUT2D eigenvalue weighted by Crippen LogP contribution is -2.38. The van der Waals surface area contributed by atoms with Gasteiger partial charge in [0.15, 0.2) is 0 Å². The molecule has 0 saturated carbocycles. The summed E-state index contributed by atoms with van der Waals surface area (Å²) in [6, 6.07) is 0. The second kappa shape index (κ2) is 5.10. The van der Waals surface area contributed by atoms with Crippen molar-refractivity contribution in [1.82, 2.24) is 9.91 Å². The third kappa shape index (κ3) is 2.61. The first-order valence-electron chi connectivity index (χ1n) is 5.32. The van der Waals surface area contributed by atoms with Gasteiger partial charge in [0.25, 0.3) is 0 Å². The van der Waals surface area contributed by atoms with Crippen molar-refractivity contribution in [2.24, 2.45) is 5.10 Å². The van der Waals surface area contributed by atoms with Crippen LogP contribution in [0.1, 0.15) is 39.5 Å². The number of nitrogens with zero attached hydrogens (tertiary/aromatic N) is 3. The normalized spacial score (nSPS) is 21.6. The Bertz CT molecular complexity index is 168. The maximum absolute atomic E-state index is 4.30. The van der Waals surface area contributed by atoms with Crippen molar-refractivity contribution in [1.29, 1.82) is 0 Å². The molecule has 0 aliphatic carbocycles. The molecule has 76 valence electrons. The second-order valence-electron chi connectivity index (χ2n) is 3.67. The van der Waals surface area contributed by atoms with Crippen LogP contribution in [-0.2, 0) is 0 Å². The second-order valence-corrected chi connectivity index (χ2v) is 3.67. The summed E-state index contributed by atoms with van der Waals surface area (Å²) in [5.74, 6) is 0. The number of unbranched alkanes of at least 4 members (excludes halogenated alkanes) is 1. The van der Waals surface area contributed by atoms with E-state index in [1.807, 2.05) is 6.34 Å². The van der Waals surface area contributed by atoms with Crippen LogP contribution in [0, 0.1) is 0 Å². The van der Waals surface area contributed by atoms with Crippen molar-refractivity contribution in [3.05, 3.63) is 0 Å². The van der Waals surface area contributed by atoms with Crippen LogP contribution in [0.3, 0.4) is 0 Å². The Morgan fingerprint density at radius 1 is 1.31 bits per heavy atom. The Morgan fingerprint density at radius 2 is 2.08 bits per heavy atom. The van der Waals surface area contributed by atoms with Crippen LogP contribution in [0.25, 0.3) is 0 Å². The molecule has 1 rings (SSSR count). The molecular formula is C10H21N3. The zero-order chi connectivity index (χ0) is 9.68. The molecule has 0 aromatic rings. The van der Waals surface area contributed by atoms with E-state index in [1.165, 1.54) is 25.7 Å². The largest absolute Gasteiger partial charge is 0.339 e. The number of hydrogen-bond donors (Lipinski definition) is 0. The fourth-order valence-corrected chi connectivity index (χ4v) is 1.72. The molecule has 1 aliphatic rings. The molecule has 13 heavy (non-hydrogen) atoms. The number of hydrogen-bond acceptors (Lipinski definition) is 3. The third-order valence-electron chi connectivity index (χ3n) is 2.49. The van der Waals surface area contributed by atoms with Crippen LogP contribution in [-0.4, -0.2) is 36.0 Å². The summed E-state index contributed by atoms with van der Waals surface area (Å²) in [5, 5.41) is 6.38. The lowest BCUT2D eigenvalue weighted by atomic mass is 10.2. The average Bonchev–Trinajstić information content (AvgIpc) is 2.45. The van der Waals surface area contributed by atoms with E-state index in [4.69, 9.17) is 0 Å². The molecule has 0 spiro atoms. The van der Waals surface area contributed by atoms with Crippen LogP contribution in [0.2, 0.25) is 0 Å². The summed E-state index contributed by atoms with van der Waals surface area (Å²) < 4.78 is 0. The Labute approximate surface area is 81.4 Å². The fraction of sp³-hybridized carbons (Fsp3) is 0.900. The van der Waals surface area contributed by atoms with E-state index in [0.717, 1.165) is 6.54 Å². The summed E-state index contributed by atoms with van der Waals surface area (Å²) in [6.07, 6.45) is 7.47. The topological polar surface area (TPSA) is 18.8 Å². The minimum absolute atomic E-state index is 0.514. The highest BCUT2D eigenvalue weighted by atomic mass is 15.6. The SMILES string of the molecule is CCCCC1N(CCC)C=NN1C. The lowest BCUT2D eigenvalue weighted by molar-refractivity contribution is 0.148. The van der Waals surface area contributed by atoms with E-state index >= 15 is 0 Å². The Balaban J connectivity index is 2.39. The van der Waals surface area contributed by atoms with E-state index < -0.39 is 0 Å². The van der Waals surface area contributed by atoms with Crippen molar-refractivity contribution < 1.29 is 0 Å². The third-order valence-corrected chi connectivity index (χ3v) is 2.49. The van der Waals surface area contributed by atoms with Gasteiger partial charge < -0.3 is 4.90 Å². The molecule has 0 aromatic heterocycles. The smallest absolute Gasteiger partial charge is 0.118 e. The van der Waals surface area contributed by atoms with Gasteiger partial charge in [0.05, 0.1) is 0 Å². The molecule has 0 fully saturated rings. The molecule has 0 aromatic carbocycles. The first kappa shape index (κ1) is 10.4. The van der Waals surface area contributed by atoms with Crippen molar-refractivity contribution in [2.45, 2.75) is 45.7 Å². The van der Waals surface area contributed by atoms with Gasteiger partial charge in [-0.15, -0.1) is 0 Å². The number of hydrazone groups is 1. The monoisotopic (exact) mass is 183 g/mol. The maximum Gasteiger partial charge on any atom is 0.118 e. The molecule has 1 unspecified atom stereocenters. The predicted octanol–water partition coefficient (Wildman–Crippen LogP) is 2.10. The Morgan fingerprint density at radius 3 is 2.69 bits per heavy atom. The summed E-state index contributed by atoms with van der Waals surface area (Å²) in [4.78, 5) is 2.34. The first-order valence-corrected chi connectivity index (χ1v) is 5.32. The van der Waals surface area contributed by atoms with Crippen molar-refractivity contribution in [3.63, 3.8) is 0 Å². The van der Waals surface area contributed by atoms with E-state index in [0.29, 0.717) is 6.17 Å². The van der Waals surface area contributed by atoms with Gasteiger partial charge in [-0.2, -0.15) is 5.10 Å². The zero-order valence-corrected chi connectivity index (χ0v) is 9.03. The Kier molecular flexibility index (Phi) is 4.06. The fourth-order valence-electron chi connectivity index (χ4n) is 1.72. The molecule has 3 heteroatoms. The average molecular weight is 183 g/mol. The molecule has 1 atom stereocenters. The van der Waals surface area contributed by atoms with Crippen LogP contribution in [0.5, 0.6) is 0 Å². The van der Waals surface area contributed by atoms with Gasteiger partial charge in [-0.3, -0.25) is 5.01 Å². The van der Waals surface area contributed by atoms with Gasteiger partial charge in [-0.05, 0) is 19.3 Å². The molecule has 0 saturated heterocycles. The molecule has 0 radical (unpaired) electrons. The van der Waals surface area contributed by atoms with Crippen LogP contribution < -0.4 is 0 Å². The van der Waals surface area contributed by atoms with E-state index in [1.54, 1.807) is 0 Å². The highest BCUT2D eigenvalue weighted by Crippen LogP contribution is 2.16. The highest BCUT2D eigenvalue weighted by Gasteiger charge is 2.22. The van der Waals surface area contributed by atoms with Crippen molar-refractivity contribution in [3.8, 4) is 0 Å². The zero-order valence-electron chi connectivity index (χ0n) is 9.03. The molecule has 0 amide bonds. The minimum Gasteiger partial charge on any atom is -0.339 e. The summed E-state index contributed by atoms with van der Waals surface area (Å²) in [7, 11) is 2.06. The Hall–Kier alpha value is -0.730. The van der Waals surface area contributed by atoms with Crippen LogP contribution in [0.4, 0.5) is 0 Å². The lowest BCUT2D eigenvalue weighted by Gasteiger charge is -2.27. The molecular weight excluding hydrogens is 162 g/mol. The molecule has 1 aliphatic heterocycles. The van der Waals surface area contributed by atoms with Crippen molar-refractivity contribution >= 4 is 6.34 Å².